The summed E-state index contributed by atoms with van der Waals surface area (Å²) in [5, 5.41) is 2.95. The van der Waals surface area contributed by atoms with E-state index in [1.807, 2.05) is 31.2 Å². The van der Waals surface area contributed by atoms with E-state index in [1.54, 1.807) is 0 Å². The van der Waals surface area contributed by atoms with Crippen LogP contribution in [0.25, 0.3) is 0 Å². The molecule has 1 saturated heterocycles. The summed E-state index contributed by atoms with van der Waals surface area (Å²) >= 11 is 3.48. The molecule has 1 aromatic carbocycles. The average Bonchev–Trinajstić information content (AvgIpc) is 2.78. The molecule has 1 fully saturated rings. The zero-order chi connectivity index (χ0) is 13.2. The summed E-state index contributed by atoms with van der Waals surface area (Å²) in [5.41, 5.74) is 6.17. The minimum atomic E-state index is -0.879. The summed E-state index contributed by atoms with van der Waals surface area (Å²) in [6.07, 6.45) is 0.571. The number of carbonyl (C=O) groups is 1. The maximum absolute atomic E-state index is 12.1. The highest BCUT2D eigenvalue weighted by molar-refractivity contribution is 9.10. The molecule has 3 N–H and O–H groups in total. The van der Waals surface area contributed by atoms with Gasteiger partial charge >= 0.3 is 0 Å². The summed E-state index contributed by atoms with van der Waals surface area (Å²) in [7, 11) is 0. The molecule has 2 atom stereocenters. The fourth-order valence-electron chi connectivity index (χ4n) is 2.00. The highest BCUT2D eigenvalue weighted by Crippen LogP contribution is 2.24. The molecule has 0 radical (unpaired) electrons. The fraction of sp³-hybridized carbons (Fsp3) is 0.462. The number of hydrogen-bond donors (Lipinski definition) is 2. The predicted molar refractivity (Wildman–Crippen MR) is 73.1 cm³/mol. The number of hydrogen-bond acceptors (Lipinski definition) is 3. The number of nitrogens with one attached hydrogen (secondary N) is 1. The minimum Gasteiger partial charge on any atom is -0.379 e. The second-order valence-corrected chi connectivity index (χ2v) is 5.53. The van der Waals surface area contributed by atoms with Gasteiger partial charge in [-0.25, -0.2) is 0 Å². The van der Waals surface area contributed by atoms with Gasteiger partial charge in [0.25, 0.3) is 0 Å². The maximum atomic E-state index is 12.1. The molecule has 4 nitrogen and oxygen atoms in total. The van der Waals surface area contributed by atoms with Crippen LogP contribution in [0.2, 0.25) is 0 Å². The van der Waals surface area contributed by atoms with Crippen LogP contribution in [0.5, 0.6) is 0 Å². The van der Waals surface area contributed by atoms with Crippen LogP contribution in [-0.2, 0) is 9.53 Å². The van der Waals surface area contributed by atoms with E-state index in [0.29, 0.717) is 19.6 Å². The van der Waals surface area contributed by atoms with Crippen LogP contribution < -0.4 is 11.1 Å². The van der Waals surface area contributed by atoms with Gasteiger partial charge in [-0.2, -0.15) is 0 Å². The summed E-state index contributed by atoms with van der Waals surface area (Å²) in [4.78, 5) is 12.1. The SMILES string of the molecule is CC(NC(=O)C1(N)CCOC1)c1ccccc1Br. The fourth-order valence-corrected chi connectivity index (χ4v) is 2.63. The molecule has 2 unspecified atom stereocenters. The van der Waals surface area contributed by atoms with Crippen molar-refractivity contribution in [3.8, 4) is 0 Å². The number of amides is 1. The van der Waals surface area contributed by atoms with Crippen molar-refractivity contribution in [2.24, 2.45) is 5.73 Å². The quantitative estimate of drug-likeness (QED) is 0.893. The van der Waals surface area contributed by atoms with Gasteiger partial charge in [0.15, 0.2) is 0 Å². The Morgan fingerprint density at radius 2 is 2.28 bits per heavy atom. The van der Waals surface area contributed by atoms with Gasteiger partial charge in [0.2, 0.25) is 5.91 Å². The smallest absolute Gasteiger partial charge is 0.243 e. The summed E-state index contributed by atoms with van der Waals surface area (Å²) in [5.74, 6) is -0.150. The third-order valence-corrected chi connectivity index (χ3v) is 3.95. The molecule has 1 aliphatic heterocycles. The number of rotatable bonds is 3. The van der Waals surface area contributed by atoms with E-state index in [4.69, 9.17) is 10.5 Å². The van der Waals surface area contributed by atoms with Gasteiger partial charge in [-0.05, 0) is 25.0 Å². The van der Waals surface area contributed by atoms with Gasteiger partial charge < -0.3 is 15.8 Å². The summed E-state index contributed by atoms with van der Waals surface area (Å²) in [6, 6.07) is 7.73. The van der Waals surface area contributed by atoms with E-state index in [2.05, 4.69) is 21.2 Å². The molecule has 98 valence electrons. The summed E-state index contributed by atoms with van der Waals surface area (Å²) < 4.78 is 6.18. The van der Waals surface area contributed by atoms with Gasteiger partial charge in [0.05, 0.1) is 12.6 Å². The summed E-state index contributed by atoms with van der Waals surface area (Å²) in [6.45, 7) is 2.78. The van der Waals surface area contributed by atoms with E-state index >= 15 is 0 Å². The minimum absolute atomic E-state index is 0.0888. The molecule has 5 heteroatoms. The molecular formula is C13H17BrN2O2. The molecule has 0 spiro atoms. The Bertz CT molecular complexity index is 444. The molecule has 0 aromatic heterocycles. The highest BCUT2D eigenvalue weighted by Gasteiger charge is 2.38. The first kappa shape index (κ1) is 13.5. The Labute approximate surface area is 115 Å². The standard InChI is InChI=1S/C13H17BrN2O2/c1-9(10-4-2-3-5-11(10)14)16-12(17)13(15)6-7-18-8-13/h2-5,9H,6-8,15H2,1H3,(H,16,17). The van der Waals surface area contributed by atoms with E-state index in [9.17, 15) is 4.79 Å². The lowest BCUT2D eigenvalue weighted by Gasteiger charge is -2.24. The van der Waals surface area contributed by atoms with Crippen molar-refractivity contribution in [3.05, 3.63) is 34.3 Å². The Morgan fingerprint density at radius 1 is 1.56 bits per heavy atom. The van der Waals surface area contributed by atoms with Gasteiger partial charge in [0, 0.05) is 11.1 Å². The molecule has 0 aliphatic carbocycles. The van der Waals surface area contributed by atoms with Crippen LogP contribution in [0, 0.1) is 0 Å². The lowest BCUT2D eigenvalue weighted by atomic mass is 9.98. The van der Waals surface area contributed by atoms with Crippen LogP contribution in [0.4, 0.5) is 0 Å². The van der Waals surface area contributed by atoms with Crippen LogP contribution in [0.15, 0.2) is 28.7 Å². The Hall–Kier alpha value is -0.910. The van der Waals surface area contributed by atoms with Crippen molar-refractivity contribution >= 4 is 21.8 Å². The van der Waals surface area contributed by atoms with Gasteiger partial charge in [-0.3, -0.25) is 4.79 Å². The first-order chi connectivity index (χ1) is 8.53. The first-order valence-electron chi connectivity index (χ1n) is 5.95. The monoisotopic (exact) mass is 312 g/mol. The third-order valence-electron chi connectivity index (χ3n) is 3.22. The van der Waals surface area contributed by atoms with Gasteiger partial charge in [-0.15, -0.1) is 0 Å². The normalized spacial score (nSPS) is 24.8. The topological polar surface area (TPSA) is 64.4 Å². The number of ether oxygens (including phenoxy) is 1. The maximum Gasteiger partial charge on any atom is 0.243 e. The zero-order valence-corrected chi connectivity index (χ0v) is 11.9. The molecule has 18 heavy (non-hydrogen) atoms. The van der Waals surface area contributed by atoms with Crippen molar-refractivity contribution in [2.45, 2.75) is 24.9 Å². The van der Waals surface area contributed by atoms with E-state index in [0.717, 1.165) is 10.0 Å². The molecule has 0 saturated carbocycles. The Kier molecular flexibility index (Phi) is 4.04. The third kappa shape index (κ3) is 2.74. The molecule has 2 rings (SSSR count). The second kappa shape index (κ2) is 5.38. The van der Waals surface area contributed by atoms with Crippen LogP contribution >= 0.6 is 15.9 Å². The largest absolute Gasteiger partial charge is 0.379 e. The molecule has 1 amide bonds. The van der Waals surface area contributed by atoms with E-state index < -0.39 is 5.54 Å². The molecule has 1 aromatic rings. The molecular weight excluding hydrogens is 296 g/mol. The molecule has 1 aliphatic rings. The molecule has 0 bridgehead atoms. The highest BCUT2D eigenvalue weighted by atomic mass is 79.9. The van der Waals surface area contributed by atoms with Crippen LogP contribution in [0.1, 0.15) is 24.9 Å². The Balaban J connectivity index is 2.06. The van der Waals surface area contributed by atoms with E-state index in [1.165, 1.54) is 0 Å². The van der Waals surface area contributed by atoms with Crippen LogP contribution in [-0.4, -0.2) is 24.7 Å². The average molecular weight is 313 g/mol. The lowest BCUT2D eigenvalue weighted by Crippen LogP contribution is -2.54. The zero-order valence-electron chi connectivity index (χ0n) is 10.3. The van der Waals surface area contributed by atoms with Gasteiger partial charge in [0.1, 0.15) is 5.54 Å². The van der Waals surface area contributed by atoms with Crippen molar-refractivity contribution in [1.29, 1.82) is 0 Å². The molecule has 1 heterocycles. The Morgan fingerprint density at radius 3 is 2.89 bits per heavy atom. The number of nitrogens with two attached hydrogens (primary N) is 1. The van der Waals surface area contributed by atoms with Gasteiger partial charge in [-0.1, -0.05) is 34.1 Å². The van der Waals surface area contributed by atoms with Crippen molar-refractivity contribution in [2.75, 3.05) is 13.2 Å². The first-order valence-corrected chi connectivity index (χ1v) is 6.74. The van der Waals surface area contributed by atoms with Crippen molar-refractivity contribution in [1.82, 2.24) is 5.32 Å². The van der Waals surface area contributed by atoms with Crippen molar-refractivity contribution in [3.63, 3.8) is 0 Å². The van der Waals surface area contributed by atoms with Crippen molar-refractivity contribution < 1.29 is 9.53 Å². The van der Waals surface area contributed by atoms with E-state index in [-0.39, 0.29) is 11.9 Å². The number of benzene rings is 1. The second-order valence-electron chi connectivity index (χ2n) is 4.68. The lowest BCUT2D eigenvalue weighted by molar-refractivity contribution is -0.127. The van der Waals surface area contributed by atoms with Crippen LogP contribution in [0.3, 0.4) is 0 Å². The number of carbonyl (C=O) groups excluding carboxylic acids is 1. The number of halogens is 1. The predicted octanol–water partition coefficient (Wildman–Crippen LogP) is 1.74.